The highest BCUT2D eigenvalue weighted by molar-refractivity contribution is 5.80. The second-order valence-electron chi connectivity index (χ2n) is 8.20. The van der Waals surface area contributed by atoms with E-state index >= 15 is 0 Å². The van der Waals surface area contributed by atoms with Crippen LogP contribution in [0.5, 0.6) is 0 Å². The largest absolute Gasteiger partial charge is 0.341 e. The molecule has 0 N–H and O–H groups in total. The van der Waals surface area contributed by atoms with Gasteiger partial charge in [-0.25, -0.2) is 8.78 Å². The van der Waals surface area contributed by atoms with Crippen LogP contribution in [0.3, 0.4) is 0 Å². The SMILES string of the molecule is CN(Cc1cnn(C)c1)C(=O)CCn1c(=O)cc(C(F)F)c2cn(C3CCCC3)nc21. The Morgan fingerprint density at radius 2 is 2.03 bits per heavy atom. The number of halogens is 2. The van der Waals surface area contributed by atoms with Crippen LogP contribution in [0.1, 0.15) is 55.7 Å². The van der Waals surface area contributed by atoms with Gasteiger partial charge in [-0.05, 0) is 12.8 Å². The second kappa shape index (κ2) is 8.60. The van der Waals surface area contributed by atoms with Crippen LogP contribution in [0.2, 0.25) is 0 Å². The Labute approximate surface area is 178 Å². The number of carbonyl (C=O) groups excluding carboxylic acids is 1. The number of hydrogen-bond acceptors (Lipinski definition) is 4. The molecule has 3 aromatic rings. The standard InChI is InChI=1S/C21H26F2N6O2/c1-26(11-14-10-24-27(2)12-14)18(30)7-8-28-19(31)9-16(20(22)23)17-13-29(25-21(17)28)15-5-3-4-6-15/h9-10,12-13,15,20H,3-8,11H2,1-2H3. The number of nitrogens with zero attached hydrogens (tertiary/aromatic N) is 6. The molecule has 1 aliphatic carbocycles. The molecule has 10 heteroatoms. The number of rotatable bonds is 7. The number of aromatic nitrogens is 5. The first kappa shape index (κ1) is 21.2. The molecule has 166 valence electrons. The first-order valence-corrected chi connectivity index (χ1v) is 10.5. The molecular weight excluding hydrogens is 406 g/mol. The normalized spacial score (nSPS) is 14.7. The average Bonchev–Trinajstić information content (AvgIpc) is 3.46. The number of pyridine rings is 1. The summed E-state index contributed by atoms with van der Waals surface area (Å²) in [6, 6.07) is 1.13. The van der Waals surface area contributed by atoms with E-state index in [4.69, 9.17) is 0 Å². The van der Waals surface area contributed by atoms with E-state index in [0.717, 1.165) is 37.3 Å². The van der Waals surface area contributed by atoms with Gasteiger partial charge in [0.25, 0.3) is 12.0 Å². The Bertz CT molecular complexity index is 1140. The summed E-state index contributed by atoms with van der Waals surface area (Å²) in [7, 11) is 3.49. The Morgan fingerprint density at radius 1 is 1.29 bits per heavy atom. The molecule has 31 heavy (non-hydrogen) atoms. The molecule has 0 atom stereocenters. The predicted octanol–water partition coefficient (Wildman–Crippen LogP) is 3.03. The molecule has 1 saturated carbocycles. The zero-order valence-corrected chi connectivity index (χ0v) is 17.7. The monoisotopic (exact) mass is 432 g/mol. The zero-order chi connectivity index (χ0) is 22.1. The van der Waals surface area contributed by atoms with Crippen molar-refractivity contribution in [3.8, 4) is 0 Å². The second-order valence-corrected chi connectivity index (χ2v) is 8.20. The molecule has 1 fully saturated rings. The van der Waals surface area contributed by atoms with Gasteiger partial charge in [-0.3, -0.25) is 23.5 Å². The van der Waals surface area contributed by atoms with Gasteiger partial charge in [0.05, 0.1) is 12.2 Å². The highest BCUT2D eigenvalue weighted by Gasteiger charge is 2.23. The lowest BCUT2D eigenvalue weighted by atomic mass is 10.2. The highest BCUT2D eigenvalue weighted by atomic mass is 19.3. The van der Waals surface area contributed by atoms with Crippen molar-refractivity contribution >= 4 is 16.9 Å². The predicted molar refractivity (Wildman–Crippen MR) is 111 cm³/mol. The van der Waals surface area contributed by atoms with Crippen molar-refractivity contribution in [2.45, 2.75) is 57.7 Å². The molecule has 3 aromatic heterocycles. The van der Waals surface area contributed by atoms with Crippen LogP contribution in [-0.4, -0.2) is 42.0 Å². The number of amides is 1. The van der Waals surface area contributed by atoms with Crippen molar-refractivity contribution in [2.24, 2.45) is 7.05 Å². The summed E-state index contributed by atoms with van der Waals surface area (Å²) in [5, 5.41) is 8.86. The van der Waals surface area contributed by atoms with Crippen LogP contribution in [0, 0.1) is 0 Å². The summed E-state index contributed by atoms with van der Waals surface area (Å²) in [6.07, 6.45) is 6.49. The van der Waals surface area contributed by atoms with E-state index in [-0.39, 0.29) is 41.5 Å². The van der Waals surface area contributed by atoms with Crippen molar-refractivity contribution in [1.29, 1.82) is 0 Å². The number of hydrogen-bond donors (Lipinski definition) is 0. The molecule has 0 saturated heterocycles. The lowest BCUT2D eigenvalue weighted by Crippen LogP contribution is -2.29. The third kappa shape index (κ3) is 4.38. The molecule has 1 aliphatic rings. The van der Waals surface area contributed by atoms with Crippen molar-refractivity contribution in [2.75, 3.05) is 7.05 Å². The fourth-order valence-electron chi connectivity index (χ4n) is 4.24. The van der Waals surface area contributed by atoms with Gasteiger partial charge in [0.15, 0.2) is 5.65 Å². The summed E-state index contributed by atoms with van der Waals surface area (Å²) >= 11 is 0. The van der Waals surface area contributed by atoms with Crippen LogP contribution < -0.4 is 5.56 Å². The van der Waals surface area contributed by atoms with E-state index in [1.807, 2.05) is 6.20 Å². The molecule has 4 rings (SSSR count). The minimum Gasteiger partial charge on any atom is -0.341 e. The van der Waals surface area contributed by atoms with Gasteiger partial charge in [-0.1, -0.05) is 12.8 Å². The van der Waals surface area contributed by atoms with Crippen molar-refractivity contribution in [3.63, 3.8) is 0 Å². The van der Waals surface area contributed by atoms with Gasteiger partial charge >= 0.3 is 0 Å². The number of alkyl halides is 2. The molecule has 0 spiro atoms. The summed E-state index contributed by atoms with van der Waals surface area (Å²) in [5.74, 6) is -0.155. The summed E-state index contributed by atoms with van der Waals surface area (Å²) in [4.78, 5) is 26.8. The summed E-state index contributed by atoms with van der Waals surface area (Å²) in [6.45, 7) is 0.481. The van der Waals surface area contributed by atoms with E-state index in [0.29, 0.717) is 6.54 Å². The van der Waals surface area contributed by atoms with Crippen LogP contribution in [0.15, 0.2) is 29.5 Å². The molecule has 3 heterocycles. The van der Waals surface area contributed by atoms with Crippen LogP contribution in [0.4, 0.5) is 8.78 Å². The Kier molecular flexibility index (Phi) is 5.88. The van der Waals surface area contributed by atoms with E-state index in [2.05, 4.69) is 10.2 Å². The highest BCUT2D eigenvalue weighted by Crippen LogP contribution is 2.32. The maximum atomic E-state index is 13.6. The summed E-state index contributed by atoms with van der Waals surface area (Å²) in [5.41, 5.74) is 0.245. The van der Waals surface area contributed by atoms with Gasteiger partial charge in [0, 0.05) is 68.6 Å². The fraction of sp³-hybridized carbons (Fsp3) is 0.524. The fourth-order valence-corrected chi connectivity index (χ4v) is 4.24. The minimum absolute atomic E-state index is 0.0656. The van der Waals surface area contributed by atoms with Gasteiger partial charge in [0.1, 0.15) is 0 Å². The Balaban J connectivity index is 1.57. The molecule has 1 amide bonds. The Hall–Kier alpha value is -3.04. The third-order valence-electron chi connectivity index (χ3n) is 5.91. The summed E-state index contributed by atoms with van der Waals surface area (Å²) < 4.78 is 31.9. The molecule has 0 aliphatic heterocycles. The van der Waals surface area contributed by atoms with Crippen molar-refractivity contribution in [3.05, 3.63) is 46.1 Å². The molecule has 0 aromatic carbocycles. The molecule has 0 radical (unpaired) electrons. The topological polar surface area (TPSA) is 78.0 Å². The Morgan fingerprint density at radius 3 is 2.68 bits per heavy atom. The average molecular weight is 432 g/mol. The maximum Gasteiger partial charge on any atom is 0.264 e. The smallest absolute Gasteiger partial charge is 0.264 e. The van der Waals surface area contributed by atoms with Gasteiger partial charge in [-0.2, -0.15) is 10.2 Å². The zero-order valence-electron chi connectivity index (χ0n) is 17.7. The lowest BCUT2D eigenvalue weighted by Gasteiger charge is -2.17. The van der Waals surface area contributed by atoms with Gasteiger partial charge in [-0.15, -0.1) is 0 Å². The molecule has 0 bridgehead atoms. The van der Waals surface area contributed by atoms with Crippen molar-refractivity contribution in [1.82, 2.24) is 29.0 Å². The van der Waals surface area contributed by atoms with Crippen molar-refractivity contribution < 1.29 is 13.6 Å². The minimum atomic E-state index is -2.77. The number of carbonyl (C=O) groups is 1. The van der Waals surface area contributed by atoms with E-state index in [9.17, 15) is 18.4 Å². The molecule has 8 nitrogen and oxygen atoms in total. The molecular formula is C21H26F2N6O2. The number of aryl methyl sites for hydroxylation is 2. The van der Waals surface area contributed by atoms with E-state index in [1.165, 1.54) is 4.57 Å². The third-order valence-corrected chi connectivity index (χ3v) is 5.91. The molecule has 0 unspecified atom stereocenters. The first-order valence-electron chi connectivity index (χ1n) is 10.5. The van der Waals surface area contributed by atoms with Crippen LogP contribution in [0.25, 0.3) is 11.0 Å². The first-order chi connectivity index (χ1) is 14.8. The van der Waals surface area contributed by atoms with Gasteiger partial charge in [0.2, 0.25) is 5.91 Å². The van der Waals surface area contributed by atoms with Crippen LogP contribution in [-0.2, 0) is 24.9 Å². The van der Waals surface area contributed by atoms with E-state index < -0.39 is 12.0 Å². The quantitative estimate of drug-likeness (QED) is 0.575. The van der Waals surface area contributed by atoms with Crippen LogP contribution >= 0.6 is 0 Å². The van der Waals surface area contributed by atoms with Gasteiger partial charge < -0.3 is 4.90 Å². The van der Waals surface area contributed by atoms with E-state index in [1.54, 1.807) is 40.8 Å². The number of fused-ring (bicyclic) bond motifs is 1. The maximum absolute atomic E-state index is 13.6. The lowest BCUT2D eigenvalue weighted by molar-refractivity contribution is -0.130.